The van der Waals surface area contributed by atoms with E-state index in [2.05, 4.69) is 59.2 Å². The third kappa shape index (κ3) is 4.62. The third-order valence-electron chi connectivity index (χ3n) is 4.11. The lowest BCUT2D eigenvalue weighted by atomic mass is 9.98. The highest BCUT2D eigenvalue weighted by atomic mass is 16.3. The first-order valence-corrected chi connectivity index (χ1v) is 8.57. The molecule has 0 amide bonds. The van der Waals surface area contributed by atoms with E-state index in [0.29, 0.717) is 6.54 Å². The van der Waals surface area contributed by atoms with E-state index in [1.165, 1.54) is 18.4 Å². The number of likely N-dealkylation sites (N-methyl/N-ethyl adjacent to an activating group) is 1. The van der Waals surface area contributed by atoms with Crippen LogP contribution in [0, 0.1) is 11.8 Å². The van der Waals surface area contributed by atoms with Crippen LogP contribution in [0.4, 0.5) is 5.69 Å². The Labute approximate surface area is 138 Å². The number of benzene rings is 1. The SMILES string of the molecule is CCCCCNC1Nc2ccc(C)cc2C=C1C(N=O)NCC. The maximum Gasteiger partial charge on any atom is 0.167 e. The Morgan fingerprint density at radius 1 is 1.30 bits per heavy atom. The lowest BCUT2D eigenvalue weighted by Crippen LogP contribution is -2.46. The number of rotatable bonds is 9. The smallest absolute Gasteiger partial charge is 0.167 e. The molecule has 0 spiro atoms. The second-order valence-electron chi connectivity index (χ2n) is 6.04. The van der Waals surface area contributed by atoms with Gasteiger partial charge in [-0.25, -0.2) is 0 Å². The Hall–Kier alpha value is -1.72. The van der Waals surface area contributed by atoms with Gasteiger partial charge in [0.1, 0.15) is 6.17 Å². The molecule has 2 unspecified atom stereocenters. The number of hydrogen-bond donors (Lipinski definition) is 3. The van der Waals surface area contributed by atoms with Crippen LogP contribution in [-0.2, 0) is 0 Å². The molecule has 1 aromatic rings. The quantitative estimate of drug-likeness (QED) is 0.481. The Morgan fingerprint density at radius 2 is 2.13 bits per heavy atom. The summed E-state index contributed by atoms with van der Waals surface area (Å²) >= 11 is 0. The van der Waals surface area contributed by atoms with Crippen molar-refractivity contribution in [3.05, 3.63) is 39.8 Å². The van der Waals surface area contributed by atoms with Crippen molar-refractivity contribution in [1.82, 2.24) is 10.6 Å². The highest BCUT2D eigenvalue weighted by Crippen LogP contribution is 2.29. The van der Waals surface area contributed by atoms with Crippen molar-refractivity contribution in [1.29, 1.82) is 0 Å². The van der Waals surface area contributed by atoms with Crippen molar-refractivity contribution in [2.24, 2.45) is 5.18 Å². The molecular weight excluding hydrogens is 288 g/mol. The van der Waals surface area contributed by atoms with Gasteiger partial charge in [0.05, 0.1) is 0 Å². The molecule has 0 aliphatic carbocycles. The van der Waals surface area contributed by atoms with E-state index in [-0.39, 0.29) is 6.17 Å². The molecule has 126 valence electrons. The molecule has 1 aliphatic rings. The number of unbranched alkanes of at least 4 members (excludes halogenated alkanes) is 2. The van der Waals surface area contributed by atoms with Crippen LogP contribution in [0.25, 0.3) is 6.08 Å². The number of anilines is 1. The zero-order valence-electron chi connectivity index (χ0n) is 14.4. The van der Waals surface area contributed by atoms with Crippen molar-refractivity contribution in [3.63, 3.8) is 0 Å². The van der Waals surface area contributed by atoms with Crippen LogP contribution >= 0.6 is 0 Å². The molecule has 2 rings (SSSR count). The van der Waals surface area contributed by atoms with Gasteiger partial charge in [-0.1, -0.05) is 38.3 Å². The van der Waals surface area contributed by atoms with E-state index in [0.717, 1.165) is 29.8 Å². The first kappa shape index (κ1) is 17.6. The molecule has 0 saturated heterocycles. The van der Waals surface area contributed by atoms with Crippen LogP contribution in [0.3, 0.4) is 0 Å². The molecule has 0 saturated carbocycles. The molecule has 1 aliphatic heterocycles. The summed E-state index contributed by atoms with van der Waals surface area (Å²) < 4.78 is 0. The monoisotopic (exact) mass is 316 g/mol. The molecule has 0 radical (unpaired) electrons. The lowest BCUT2D eigenvalue weighted by molar-refractivity contribution is 0.517. The number of hydrogen-bond acceptors (Lipinski definition) is 5. The minimum Gasteiger partial charge on any atom is -0.366 e. The summed E-state index contributed by atoms with van der Waals surface area (Å²) in [5, 5.41) is 13.5. The van der Waals surface area contributed by atoms with Crippen LogP contribution in [-0.4, -0.2) is 25.4 Å². The average Bonchev–Trinajstić information content (AvgIpc) is 2.56. The fraction of sp³-hybridized carbons (Fsp3) is 0.556. The Bertz CT molecular complexity index is 556. The maximum atomic E-state index is 11.3. The molecule has 23 heavy (non-hydrogen) atoms. The molecule has 0 bridgehead atoms. The molecule has 0 fully saturated rings. The Morgan fingerprint density at radius 3 is 2.83 bits per heavy atom. The van der Waals surface area contributed by atoms with E-state index in [9.17, 15) is 4.91 Å². The van der Waals surface area contributed by atoms with Gasteiger partial charge in [-0.05, 0) is 55.4 Å². The van der Waals surface area contributed by atoms with Crippen LogP contribution in [0.15, 0.2) is 28.9 Å². The minimum absolute atomic E-state index is 0.0659. The third-order valence-corrected chi connectivity index (χ3v) is 4.11. The summed E-state index contributed by atoms with van der Waals surface area (Å²) in [5.74, 6) is 0. The topological polar surface area (TPSA) is 65.5 Å². The molecule has 5 nitrogen and oxygen atoms in total. The molecule has 1 aromatic carbocycles. The summed E-state index contributed by atoms with van der Waals surface area (Å²) in [7, 11) is 0. The molecule has 3 N–H and O–H groups in total. The molecule has 0 aromatic heterocycles. The van der Waals surface area contributed by atoms with Crippen LogP contribution in [0.1, 0.15) is 44.2 Å². The number of nitroso groups, excluding NO2 is 1. The number of aryl methyl sites for hydroxylation is 1. The second-order valence-corrected chi connectivity index (χ2v) is 6.04. The Balaban J connectivity index is 2.22. The van der Waals surface area contributed by atoms with Crippen LogP contribution < -0.4 is 16.0 Å². The fourth-order valence-electron chi connectivity index (χ4n) is 2.87. The van der Waals surface area contributed by atoms with Gasteiger partial charge in [-0.15, -0.1) is 4.91 Å². The largest absolute Gasteiger partial charge is 0.366 e. The van der Waals surface area contributed by atoms with Gasteiger partial charge in [0, 0.05) is 11.3 Å². The van der Waals surface area contributed by atoms with Gasteiger partial charge in [-0.2, -0.15) is 0 Å². The molecule has 5 heteroatoms. The van der Waals surface area contributed by atoms with E-state index < -0.39 is 6.17 Å². The summed E-state index contributed by atoms with van der Waals surface area (Å²) in [4.78, 5) is 11.3. The van der Waals surface area contributed by atoms with Crippen LogP contribution in [0.2, 0.25) is 0 Å². The summed E-state index contributed by atoms with van der Waals surface area (Å²) in [6, 6.07) is 6.32. The standard InChI is InChI=1S/C18H28N4O/c1-4-6-7-10-20-17-15(18(22-23)19-5-2)12-14-11-13(3)8-9-16(14)21-17/h8-9,11-12,17-21H,4-7,10H2,1-3H3. The zero-order chi connectivity index (χ0) is 16.7. The molecule has 2 atom stereocenters. The number of nitrogens with one attached hydrogen (secondary N) is 3. The van der Waals surface area contributed by atoms with Gasteiger partial charge in [0.25, 0.3) is 0 Å². The van der Waals surface area contributed by atoms with Crippen LogP contribution in [0.5, 0.6) is 0 Å². The van der Waals surface area contributed by atoms with E-state index in [4.69, 9.17) is 0 Å². The molecule has 1 heterocycles. The maximum absolute atomic E-state index is 11.3. The Kier molecular flexibility index (Phi) is 6.74. The first-order valence-electron chi connectivity index (χ1n) is 8.57. The highest BCUT2D eigenvalue weighted by Gasteiger charge is 2.26. The fourth-order valence-corrected chi connectivity index (χ4v) is 2.87. The summed E-state index contributed by atoms with van der Waals surface area (Å²) in [6.07, 6.45) is 5.04. The first-order chi connectivity index (χ1) is 11.2. The highest BCUT2D eigenvalue weighted by molar-refractivity contribution is 5.74. The summed E-state index contributed by atoms with van der Waals surface area (Å²) in [5.41, 5.74) is 4.36. The predicted octanol–water partition coefficient (Wildman–Crippen LogP) is 3.61. The van der Waals surface area contributed by atoms with Crippen molar-refractivity contribution < 1.29 is 0 Å². The van der Waals surface area contributed by atoms with Crippen molar-refractivity contribution in [2.75, 3.05) is 18.4 Å². The van der Waals surface area contributed by atoms with Gasteiger partial charge < -0.3 is 5.32 Å². The van der Waals surface area contributed by atoms with Crippen molar-refractivity contribution in [2.45, 2.75) is 52.4 Å². The van der Waals surface area contributed by atoms with Gasteiger partial charge in [0.2, 0.25) is 0 Å². The molecular formula is C18H28N4O. The second kappa shape index (κ2) is 8.79. The predicted molar refractivity (Wildman–Crippen MR) is 97.4 cm³/mol. The van der Waals surface area contributed by atoms with Gasteiger partial charge in [-0.3, -0.25) is 10.6 Å². The van der Waals surface area contributed by atoms with Crippen molar-refractivity contribution >= 4 is 11.8 Å². The van der Waals surface area contributed by atoms with Gasteiger partial charge >= 0.3 is 0 Å². The number of nitrogens with zero attached hydrogens (tertiary/aromatic N) is 1. The summed E-state index contributed by atoms with van der Waals surface area (Å²) in [6.45, 7) is 7.87. The van der Waals surface area contributed by atoms with E-state index in [1.807, 2.05) is 6.92 Å². The minimum atomic E-state index is -0.509. The average molecular weight is 316 g/mol. The van der Waals surface area contributed by atoms with Crippen molar-refractivity contribution in [3.8, 4) is 0 Å². The lowest BCUT2D eigenvalue weighted by Gasteiger charge is -2.31. The van der Waals surface area contributed by atoms with E-state index in [1.54, 1.807) is 0 Å². The van der Waals surface area contributed by atoms with Gasteiger partial charge in [0.15, 0.2) is 6.17 Å². The normalized spacial score (nSPS) is 17.9. The van der Waals surface area contributed by atoms with E-state index >= 15 is 0 Å². The zero-order valence-corrected chi connectivity index (χ0v) is 14.4. The number of fused-ring (bicyclic) bond motifs is 1.